The number of hydrogen-bond donors (Lipinski definition) is 2. The first kappa shape index (κ1) is 6.23. The number of hydrogen-bond acceptors (Lipinski definition) is 7. The number of fused-ring (bicyclic) bond motifs is 1. The minimum atomic E-state index is 0.128. The summed E-state index contributed by atoms with van der Waals surface area (Å²) in [5, 5.41) is 3.70. The van der Waals surface area contributed by atoms with Gasteiger partial charge in [-0.1, -0.05) is 4.49 Å². The molecule has 0 aliphatic heterocycles. The second-order valence-corrected chi connectivity index (χ2v) is 2.65. The first-order chi connectivity index (χ1) is 5.27. The van der Waals surface area contributed by atoms with E-state index >= 15 is 0 Å². The quantitative estimate of drug-likeness (QED) is 0.557. The van der Waals surface area contributed by atoms with E-state index in [1.807, 2.05) is 0 Å². The molecular weight excluding hydrogens is 164 g/mol. The van der Waals surface area contributed by atoms with Crippen LogP contribution in [0.3, 0.4) is 0 Å². The van der Waals surface area contributed by atoms with Gasteiger partial charge in [0.05, 0.1) is 0 Å². The number of nitrogens with two attached hydrogens (primary N) is 2. The van der Waals surface area contributed by atoms with Crippen molar-refractivity contribution in [1.82, 2.24) is 19.6 Å². The summed E-state index contributed by atoms with van der Waals surface area (Å²) in [6.45, 7) is 0. The van der Waals surface area contributed by atoms with E-state index in [1.165, 1.54) is 0 Å². The molecule has 0 fully saturated rings. The van der Waals surface area contributed by atoms with E-state index in [2.05, 4.69) is 19.6 Å². The smallest absolute Gasteiger partial charge is 0.224 e. The molecule has 0 radical (unpaired) electrons. The third-order valence-corrected chi connectivity index (χ3v) is 1.90. The molecule has 2 aromatic rings. The molecule has 0 aliphatic carbocycles. The fourth-order valence-corrected chi connectivity index (χ4v) is 1.24. The van der Waals surface area contributed by atoms with E-state index in [4.69, 9.17) is 11.5 Å². The Morgan fingerprint density at radius 3 is 2.82 bits per heavy atom. The molecule has 56 valence electrons. The summed E-state index contributed by atoms with van der Waals surface area (Å²) in [5.74, 6) is 0.463. The van der Waals surface area contributed by atoms with Gasteiger partial charge in [0.25, 0.3) is 0 Å². The fraction of sp³-hybridized carbons (Fsp3) is 0. The van der Waals surface area contributed by atoms with Gasteiger partial charge in [-0.3, -0.25) is 0 Å². The van der Waals surface area contributed by atoms with Gasteiger partial charge in [0.15, 0.2) is 0 Å². The van der Waals surface area contributed by atoms with Gasteiger partial charge in [0, 0.05) is 0 Å². The van der Waals surface area contributed by atoms with Gasteiger partial charge in [0.1, 0.15) is 10.5 Å². The molecule has 2 heterocycles. The van der Waals surface area contributed by atoms with Gasteiger partial charge >= 0.3 is 0 Å². The van der Waals surface area contributed by atoms with E-state index in [0.717, 1.165) is 11.5 Å². The number of rotatable bonds is 0. The van der Waals surface area contributed by atoms with E-state index in [-0.39, 0.29) is 5.95 Å². The van der Waals surface area contributed by atoms with Gasteiger partial charge in [-0.15, -0.1) is 5.10 Å². The highest BCUT2D eigenvalue weighted by Gasteiger charge is 2.05. The van der Waals surface area contributed by atoms with Crippen LogP contribution in [0.5, 0.6) is 0 Å². The van der Waals surface area contributed by atoms with Crippen LogP contribution in [0.1, 0.15) is 0 Å². The number of aromatic nitrogens is 4. The van der Waals surface area contributed by atoms with Crippen molar-refractivity contribution >= 4 is 33.6 Å². The van der Waals surface area contributed by atoms with Crippen LogP contribution in [-0.4, -0.2) is 19.6 Å². The lowest BCUT2D eigenvalue weighted by Crippen LogP contribution is -1.99. The highest BCUT2D eigenvalue weighted by atomic mass is 32.1. The molecule has 0 saturated carbocycles. The highest BCUT2D eigenvalue weighted by molar-refractivity contribution is 7.13. The zero-order valence-electron chi connectivity index (χ0n) is 5.35. The van der Waals surface area contributed by atoms with Gasteiger partial charge < -0.3 is 11.5 Å². The Labute approximate surface area is 65.4 Å². The summed E-state index contributed by atoms with van der Waals surface area (Å²) in [4.78, 5) is 7.57. The Balaban J connectivity index is 2.91. The zero-order valence-corrected chi connectivity index (χ0v) is 6.17. The molecule has 0 atom stereocenters. The van der Waals surface area contributed by atoms with Gasteiger partial charge in [0.2, 0.25) is 11.6 Å². The Morgan fingerprint density at radius 1 is 1.18 bits per heavy atom. The Bertz CT molecular complexity index is 394. The zero-order chi connectivity index (χ0) is 7.84. The van der Waals surface area contributed by atoms with Crippen LogP contribution in [0, 0.1) is 0 Å². The van der Waals surface area contributed by atoms with E-state index in [1.54, 1.807) is 0 Å². The molecule has 0 spiro atoms. The third-order valence-electron chi connectivity index (χ3n) is 1.16. The molecule has 4 N–H and O–H groups in total. The fourth-order valence-electron chi connectivity index (χ4n) is 0.728. The van der Waals surface area contributed by atoms with Crippen molar-refractivity contribution in [2.75, 3.05) is 11.5 Å². The SMILES string of the molecule is Nc1nc(N)c2snnc2n1. The van der Waals surface area contributed by atoms with Crippen molar-refractivity contribution in [3.63, 3.8) is 0 Å². The lowest BCUT2D eigenvalue weighted by Gasteiger charge is -1.92. The Morgan fingerprint density at radius 2 is 2.00 bits per heavy atom. The van der Waals surface area contributed by atoms with Crippen molar-refractivity contribution in [3.8, 4) is 0 Å². The first-order valence-corrected chi connectivity index (χ1v) is 3.56. The van der Waals surface area contributed by atoms with Crippen LogP contribution < -0.4 is 11.5 Å². The largest absolute Gasteiger partial charge is 0.382 e. The minimum Gasteiger partial charge on any atom is -0.382 e. The molecule has 6 nitrogen and oxygen atoms in total. The first-order valence-electron chi connectivity index (χ1n) is 2.78. The van der Waals surface area contributed by atoms with Crippen molar-refractivity contribution in [2.45, 2.75) is 0 Å². The van der Waals surface area contributed by atoms with E-state index in [9.17, 15) is 0 Å². The maximum absolute atomic E-state index is 5.50. The molecule has 0 amide bonds. The maximum Gasteiger partial charge on any atom is 0.224 e. The van der Waals surface area contributed by atoms with Crippen LogP contribution in [-0.2, 0) is 0 Å². The van der Waals surface area contributed by atoms with Crippen LogP contribution in [0.4, 0.5) is 11.8 Å². The summed E-state index contributed by atoms with van der Waals surface area (Å²) < 4.78 is 4.34. The van der Waals surface area contributed by atoms with E-state index < -0.39 is 0 Å². The van der Waals surface area contributed by atoms with Crippen molar-refractivity contribution in [1.29, 1.82) is 0 Å². The predicted octanol–water partition coefficient (Wildman–Crippen LogP) is -0.354. The second-order valence-electron chi connectivity index (χ2n) is 1.89. The Hall–Kier alpha value is -1.50. The molecule has 0 aliphatic rings. The second kappa shape index (κ2) is 1.99. The lowest BCUT2D eigenvalue weighted by atomic mass is 10.5. The standard InChI is InChI=1S/C4H4N6S/c5-2-1-3(9-10-11-1)8-4(6)7-2/h(H4,5,6,7,8). The van der Waals surface area contributed by atoms with Crippen LogP contribution >= 0.6 is 11.5 Å². The summed E-state index contributed by atoms with van der Waals surface area (Å²) in [6, 6.07) is 0. The minimum absolute atomic E-state index is 0.128. The monoisotopic (exact) mass is 168 g/mol. The number of nitrogen functional groups attached to an aromatic ring is 2. The van der Waals surface area contributed by atoms with E-state index in [0.29, 0.717) is 16.2 Å². The summed E-state index contributed by atoms with van der Waals surface area (Å²) >= 11 is 1.16. The normalized spacial score (nSPS) is 10.5. The molecular formula is C4H4N6S. The molecule has 2 aromatic heterocycles. The molecule has 2 rings (SSSR count). The van der Waals surface area contributed by atoms with Gasteiger partial charge in [-0.25, -0.2) is 0 Å². The molecule has 0 aromatic carbocycles. The summed E-state index contributed by atoms with van der Waals surface area (Å²) in [5.41, 5.74) is 11.3. The molecule has 11 heavy (non-hydrogen) atoms. The third kappa shape index (κ3) is 0.855. The average Bonchev–Trinajstić information content (AvgIpc) is 2.34. The topological polar surface area (TPSA) is 104 Å². The number of nitrogens with zero attached hydrogens (tertiary/aromatic N) is 4. The molecule has 0 saturated heterocycles. The maximum atomic E-state index is 5.50. The molecule has 7 heteroatoms. The van der Waals surface area contributed by atoms with Crippen molar-refractivity contribution in [2.24, 2.45) is 0 Å². The Kier molecular flexibility index (Phi) is 1.13. The highest BCUT2D eigenvalue weighted by Crippen LogP contribution is 2.19. The van der Waals surface area contributed by atoms with Crippen LogP contribution in [0.15, 0.2) is 0 Å². The molecule has 0 bridgehead atoms. The number of anilines is 2. The van der Waals surface area contributed by atoms with Crippen molar-refractivity contribution < 1.29 is 0 Å². The average molecular weight is 168 g/mol. The summed E-state index contributed by atoms with van der Waals surface area (Å²) in [7, 11) is 0. The summed E-state index contributed by atoms with van der Waals surface area (Å²) in [6.07, 6.45) is 0. The predicted molar refractivity (Wildman–Crippen MR) is 41.8 cm³/mol. The van der Waals surface area contributed by atoms with Crippen molar-refractivity contribution in [3.05, 3.63) is 0 Å². The lowest BCUT2D eigenvalue weighted by molar-refractivity contribution is 1.14. The molecule has 0 unspecified atom stereocenters. The van der Waals surface area contributed by atoms with Gasteiger partial charge in [-0.2, -0.15) is 9.97 Å². The van der Waals surface area contributed by atoms with Crippen LogP contribution in [0.2, 0.25) is 0 Å². The van der Waals surface area contributed by atoms with Crippen LogP contribution in [0.25, 0.3) is 10.3 Å². The van der Waals surface area contributed by atoms with Gasteiger partial charge in [-0.05, 0) is 11.5 Å².